The number of benzene rings is 1. The first-order chi connectivity index (χ1) is 14.3. The van der Waals surface area contributed by atoms with Gasteiger partial charge in [-0.1, -0.05) is 17.4 Å². The molecule has 4 heterocycles. The first kappa shape index (κ1) is 18.0. The molecule has 0 spiro atoms. The Bertz CT molecular complexity index is 995. The van der Waals surface area contributed by atoms with Crippen molar-refractivity contribution in [1.82, 2.24) is 20.1 Å². The molecule has 0 atom stereocenters. The van der Waals surface area contributed by atoms with Crippen molar-refractivity contribution in [2.75, 3.05) is 24.8 Å². The Morgan fingerprint density at radius 3 is 2.69 bits per heavy atom. The summed E-state index contributed by atoms with van der Waals surface area (Å²) < 4.78 is 12.7. The number of rotatable bonds is 5. The molecule has 3 aromatic rings. The van der Waals surface area contributed by atoms with Gasteiger partial charge in [0, 0.05) is 37.9 Å². The molecule has 2 aliphatic heterocycles. The molecule has 9 heteroatoms. The molecular formula is C20H21N5O3S. The van der Waals surface area contributed by atoms with Crippen LogP contribution >= 0.6 is 11.3 Å². The predicted octanol–water partition coefficient (Wildman–Crippen LogP) is 2.59. The first-order valence-corrected chi connectivity index (χ1v) is 10.5. The molecule has 1 saturated heterocycles. The maximum atomic E-state index is 12.6. The lowest BCUT2D eigenvalue weighted by atomic mass is 9.96. The Balaban J connectivity index is 1.13. The average molecular weight is 411 g/mol. The number of amides is 1. The Kier molecular flexibility index (Phi) is 4.81. The first-order valence-electron chi connectivity index (χ1n) is 9.64. The molecule has 8 nitrogen and oxygen atoms in total. The summed E-state index contributed by atoms with van der Waals surface area (Å²) in [5, 5.41) is 13.4. The van der Waals surface area contributed by atoms with Gasteiger partial charge in [-0.3, -0.25) is 9.36 Å². The lowest BCUT2D eigenvalue weighted by Crippen LogP contribution is -2.40. The van der Waals surface area contributed by atoms with Crippen molar-refractivity contribution < 1.29 is 14.3 Å². The fourth-order valence-electron chi connectivity index (χ4n) is 3.62. The van der Waals surface area contributed by atoms with E-state index in [-0.39, 0.29) is 18.6 Å². The van der Waals surface area contributed by atoms with Crippen LogP contribution < -0.4 is 19.7 Å². The molecule has 1 aromatic carbocycles. The number of nitrogens with zero attached hydrogens (tertiary/aromatic N) is 4. The van der Waals surface area contributed by atoms with E-state index in [1.807, 2.05) is 47.3 Å². The molecule has 2 aliphatic rings. The number of piperidine rings is 1. The van der Waals surface area contributed by atoms with Crippen molar-refractivity contribution >= 4 is 22.4 Å². The molecule has 1 fully saturated rings. The highest BCUT2D eigenvalue weighted by atomic mass is 32.1. The summed E-state index contributed by atoms with van der Waals surface area (Å²) in [5.74, 6) is 1.62. The molecule has 0 radical (unpaired) electrons. The molecule has 0 unspecified atom stereocenters. The molecular weight excluding hydrogens is 390 g/mol. The van der Waals surface area contributed by atoms with Gasteiger partial charge < -0.3 is 19.7 Å². The van der Waals surface area contributed by atoms with Gasteiger partial charge in [-0.05, 0) is 42.7 Å². The van der Waals surface area contributed by atoms with Crippen LogP contribution in [0.2, 0.25) is 0 Å². The normalized spacial score (nSPS) is 16.2. The Hall–Kier alpha value is -3.07. The third-order valence-electron chi connectivity index (χ3n) is 5.27. The maximum absolute atomic E-state index is 12.6. The van der Waals surface area contributed by atoms with Gasteiger partial charge in [-0.15, -0.1) is 10.2 Å². The van der Waals surface area contributed by atoms with E-state index in [2.05, 4.69) is 20.4 Å². The number of hydrogen-bond donors (Lipinski definition) is 1. The van der Waals surface area contributed by atoms with Gasteiger partial charge in [0.2, 0.25) is 23.0 Å². The third kappa shape index (κ3) is 3.77. The number of nitrogens with one attached hydrogen (secondary N) is 1. The highest BCUT2D eigenvalue weighted by Gasteiger charge is 2.26. The SMILES string of the molecule is O=C(NCc1ccc2c(c1)OCO2)C1CCN(c2nnc(-n3cccc3)s2)CC1. The lowest BCUT2D eigenvalue weighted by Gasteiger charge is -2.30. The quantitative estimate of drug-likeness (QED) is 0.695. The molecule has 0 bridgehead atoms. The van der Waals surface area contributed by atoms with Gasteiger partial charge in [0.25, 0.3) is 0 Å². The molecule has 150 valence electrons. The van der Waals surface area contributed by atoms with Gasteiger partial charge in [0.1, 0.15) is 0 Å². The Morgan fingerprint density at radius 2 is 1.86 bits per heavy atom. The van der Waals surface area contributed by atoms with Crippen LogP contribution in [0.5, 0.6) is 11.5 Å². The highest BCUT2D eigenvalue weighted by Crippen LogP contribution is 2.32. The van der Waals surface area contributed by atoms with E-state index in [1.165, 1.54) is 0 Å². The standard InChI is InChI=1S/C20H21N5O3S/c26-18(21-12-14-3-4-16-17(11-14)28-13-27-16)15-5-9-25(10-6-15)20-23-22-19(29-20)24-7-1-2-8-24/h1-4,7-8,11,15H,5-6,9-10,12-13H2,(H,21,26). The van der Waals surface area contributed by atoms with Crippen molar-refractivity contribution in [3.63, 3.8) is 0 Å². The zero-order valence-electron chi connectivity index (χ0n) is 15.8. The van der Waals surface area contributed by atoms with Crippen molar-refractivity contribution in [2.24, 2.45) is 5.92 Å². The second kappa shape index (κ2) is 7.75. The number of anilines is 1. The summed E-state index contributed by atoms with van der Waals surface area (Å²) in [5.41, 5.74) is 1.01. The van der Waals surface area contributed by atoms with E-state index >= 15 is 0 Å². The van der Waals surface area contributed by atoms with E-state index in [0.29, 0.717) is 6.54 Å². The summed E-state index contributed by atoms with van der Waals surface area (Å²) in [7, 11) is 0. The van der Waals surface area contributed by atoms with Gasteiger partial charge in [0.05, 0.1) is 0 Å². The predicted molar refractivity (Wildman–Crippen MR) is 109 cm³/mol. The fourth-order valence-corrected chi connectivity index (χ4v) is 4.48. The Morgan fingerprint density at radius 1 is 1.10 bits per heavy atom. The second-order valence-corrected chi connectivity index (χ2v) is 8.06. The van der Waals surface area contributed by atoms with Crippen molar-refractivity contribution in [3.8, 4) is 16.6 Å². The molecule has 2 aromatic heterocycles. The number of aromatic nitrogens is 3. The molecule has 0 saturated carbocycles. The lowest BCUT2D eigenvalue weighted by molar-refractivity contribution is -0.125. The smallest absolute Gasteiger partial charge is 0.231 e. The number of carbonyl (C=O) groups is 1. The van der Waals surface area contributed by atoms with E-state index in [1.54, 1.807) is 11.3 Å². The summed E-state index contributed by atoms with van der Waals surface area (Å²) in [6, 6.07) is 9.69. The van der Waals surface area contributed by atoms with Crippen LogP contribution in [0.3, 0.4) is 0 Å². The van der Waals surface area contributed by atoms with Crippen LogP contribution in [0.4, 0.5) is 5.13 Å². The molecule has 0 aliphatic carbocycles. The van der Waals surface area contributed by atoms with Crippen LogP contribution in [0.15, 0.2) is 42.7 Å². The molecule has 29 heavy (non-hydrogen) atoms. The third-order valence-corrected chi connectivity index (χ3v) is 6.27. The summed E-state index contributed by atoms with van der Waals surface area (Å²) >= 11 is 1.57. The largest absolute Gasteiger partial charge is 0.454 e. The Labute approximate surface area is 172 Å². The number of fused-ring (bicyclic) bond motifs is 1. The van der Waals surface area contributed by atoms with Gasteiger partial charge >= 0.3 is 0 Å². The monoisotopic (exact) mass is 411 g/mol. The van der Waals surface area contributed by atoms with Gasteiger partial charge in [0.15, 0.2) is 11.5 Å². The minimum absolute atomic E-state index is 0.0251. The summed E-state index contributed by atoms with van der Waals surface area (Å²) in [4.78, 5) is 14.8. The van der Waals surface area contributed by atoms with Gasteiger partial charge in [-0.2, -0.15) is 0 Å². The van der Waals surface area contributed by atoms with Crippen LogP contribution in [-0.2, 0) is 11.3 Å². The zero-order valence-corrected chi connectivity index (χ0v) is 16.6. The number of hydrogen-bond acceptors (Lipinski definition) is 7. The van der Waals surface area contributed by atoms with E-state index in [4.69, 9.17) is 9.47 Å². The van der Waals surface area contributed by atoms with Crippen LogP contribution in [-0.4, -0.2) is 40.6 Å². The van der Waals surface area contributed by atoms with Crippen molar-refractivity contribution in [1.29, 1.82) is 0 Å². The minimum atomic E-state index is 0.0251. The van der Waals surface area contributed by atoms with E-state index < -0.39 is 0 Å². The van der Waals surface area contributed by atoms with E-state index in [0.717, 1.165) is 53.3 Å². The highest BCUT2D eigenvalue weighted by molar-refractivity contribution is 7.17. The average Bonchev–Trinajstić information content (AvgIpc) is 3.52. The van der Waals surface area contributed by atoms with Crippen LogP contribution in [0, 0.1) is 5.92 Å². The molecule has 5 rings (SSSR count). The number of carbonyl (C=O) groups excluding carboxylic acids is 1. The topological polar surface area (TPSA) is 81.5 Å². The number of ether oxygens (including phenoxy) is 2. The minimum Gasteiger partial charge on any atom is -0.454 e. The summed E-state index contributed by atoms with van der Waals surface area (Å²) in [6.45, 7) is 2.36. The van der Waals surface area contributed by atoms with Crippen LogP contribution in [0.25, 0.3) is 5.13 Å². The fraction of sp³-hybridized carbons (Fsp3) is 0.350. The van der Waals surface area contributed by atoms with E-state index in [9.17, 15) is 4.79 Å². The van der Waals surface area contributed by atoms with Crippen molar-refractivity contribution in [2.45, 2.75) is 19.4 Å². The zero-order chi connectivity index (χ0) is 19.6. The second-order valence-electron chi connectivity index (χ2n) is 7.12. The van der Waals surface area contributed by atoms with Crippen LogP contribution in [0.1, 0.15) is 18.4 Å². The van der Waals surface area contributed by atoms with Gasteiger partial charge in [-0.25, -0.2) is 0 Å². The summed E-state index contributed by atoms with van der Waals surface area (Å²) in [6.07, 6.45) is 5.54. The maximum Gasteiger partial charge on any atom is 0.231 e. The van der Waals surface area contributed by atoms with Crippen molar-refractivity contribution in [3.05, 3.63) is 48.3 Å². The molecule has 1 amide bonds. The molecule has 1 N–H and O–H groups in total.